The summed E-state index contributed by atoms with van der Waals surface area (Å²) < 4.78 is 5.01. The highest BCUT2D eigenvalue weighted by atomic mass is 35.5. The number of aromatic nitrogens is 2. The van der Waals surface area contributed by atoms with E-state index in [0.29, 0.717) is 19.0 Å². The first kappa shape index (κ1) is 15.5. The van der Waals surface area contributed by atoms with Gasteiger partial charge in [0.2, 0.25) is 0 Å². The Kier molecular flexibility index (Phi) is 5.36. The number of methoxy groups -OCH3 is 1. The highest BCUT2D eigenvalue weighted by Crippen LogP contribution is 2.23. The Labute approximate surface area is 129 Å². The fourth-order valence-corrected chi connectivity index (χ4v) is 2.14. The number of benzene rings is 1. The van der Waals surface area contributed by atoms with Gasteiger partial charge in [0.05, 0.1) is 6.61 Å². The lowest BCUT2D eigenvalue weighted by molar-refractivity contribution is 0.210. The van der Waals surface area contributed by atoms with E-state index in [1.807, 2.05) is 38.1 Å². The quantitative estimate of drug-likeness (QED) is 0.799. The zero-order valence-electron chi connectivity index (χ0n) is 12.4. The summed E-state index contributed by atoms with van der Waals surface area (Å²) >= 11 is 5.97. The Morgan fingerprint density at radius 3 is 2.62 bits per heavy atom. The van der Waals surface area contributed by atoms with Crippen LogP contribution in [-0.4, -0.2) is 30.2 Å². The topological polar surface area (TPSA) is 59.1 Å². The van der Waals surface area contributed by atoms with Gasteiger partial charge in [-0.25, -0.2) is 9.97 Å². The number of hydrogen-bond donors (Lipinski definition) is 2. The molecule has 0 spiro atoms. The highest BCUT2D eigenvalue weighted by Gasteiger charge is 2.04. The summed E-state index contributed by atoms with van der Waals surface area (Å²) in [5.41, 5.74) is 2.04. The Bertz CT molecular complexity index is 619. The molecule has 5 nitrogen and oxygen atoms in total. The third kappa shape index (κ3) is 4.58. The second-order valence-corrected chi connectivity index (χ2v) is 5.13. The maximum atomic E-state index is 5.97. The van der Waals surface area contributed by atoms with E-state index in [0.717, 1.165) is 27.9 Å². The first-order valence-electron chi connectivity index (χ1n) is 6.70. The minimum atomic E-state index is 0.627. The van der Waals surface area contributed by atoms with Gasteiger partial charge in [-0.05, 0) is 37.6 Å². The van der Waals surface area contributed by atoms with E-state index in [1.54, 1.807) is 7.11 Å². The molecule has 0 aliphatic heterocycles. The largest absolute Gasteiger partial charge is 0.383 e. The van der Waals surface area contributed by atoms with Crippen molar-refractivity contribution in [1.82, 2.24) is 9.97 Å². The first-order valence-corrected chi connectivity index (χ1v) is 7.08. The average molecular weight is 307 g/mol. The van der Waals surface area contributed by atoms with Gasteiger partial charge in [0.1, 0.15) is 17.5 Å². The normalized spacial score (nSPS) is 10.5. The molecule has 21 heavy (non-hydrogen) atoms. The summed E-state index contributed by atoms with van der Waals surface area (Å²) in [7, 11) is 1.67. The maximum absolute atomic E-state index is 5.97. The van der Waals surface area contributed by atoms with Crippen molar-refractivity contribution in [2.75, 3.05) is 30.9 Å². The molecular formula is C15H19ClN4O. The van der Waals surface area contributed by atoms with E-state index in [-0.39, 0.29) is 0 Å². The summed E-state index contributed by atoms with van der Waals surface area (Å²) in [6.45, 7) is 5.19. The van der Waals surface area contributed by atoms with Crippen LogP contribution in [0.3, 0.4) is 0 Å². The molecule has 0 fully saturated rings. The van der Waals surface area contributed by atoms with Gasteiger partial charge in [0, 0.05) is 30.4 Å². The Balaban J connectivity index is 2.15. The molecule has 1 aromatic carbocycles. The molecule has 0 amide bonds. The third-order valence-corrected chi connectivity index (χ3v) is 3.14. The summed E-state index contributed by atoms with van der Waals surface area (Å²) in [5, 5.41) is 7.21. The van der Waals surface area contributed by atoms with Gasteiger partial charge in [-0.15, -0.1) is 0 Å². The van der Waals surface area contributed by atoms with Crippen LogP contribution in [0.25, 0.3) is 0 Å². The van der Waals surface area contributed by atoms with Crippen LogP contribution in [-0.2, 0) is 4.74 Å². The van der Waals surface area contributed by atoms with Crippen molar-refractivity contribution in [1.29, 1.82) is 0 Å². The second kappa shape index (κ2) is 7.24. The third-order valence-electron chi connectivity index (χ3n) is 2.90. The van der Waals surface area contributed by atoms with E-state index in [2.05, 4.69) is 20.6 Å². The molecule has 0 atom stereocenters. The van der Waals surface area contributed by atoms with Crippen LogP contribution >= 0.6 is 11.6 Å². The van der Waals surface area contributed by atoms with Crippen LogP contribution in [0.1, 0.15) is 11.4 Å². The molecular weight excluding hydrogens is 288 g/mol. The molecule has 2 rings (SSSR count). The van der Waals surface area contributed by atoms with E-state index in [1.165, 1.54) is 0 Å². The van der Waals surface area contributed by atoms with E-state index < -0.39 is 0 Å². The first-order chi connectivity index (χ1) is 10.1. The van der Waals surface area contributed by atoms with Gasteiger partial charge in [-0.3, -0.25) is 0 Å². The zero-order chi connectivity index (χ0) is 15.2. The molecule has 0 aliphatic rings. The molecule has 0 bridgehead atoms. The van der Waals surface area contributed by atoms with Crippen molar-refractivity contribution in [3.05, 3.63) is 40.7 Å². The summed E-state index contributed by atoms with van der Waals surface area (Å²) in [6.07, 6.45) is 0. The number of rotatable bonds is 6. The maximum Gasteiger partial charge on any atom is 0.136 e. The summed E-state index contributed by atoms with van der Waals surface area (Å²) in [6, 6.07) is 7.57. The molecule has 1 aromatic heterocycles. The lowest BCUT2D eigenvalue weighted by atomic mass is 10.2. The minimum Gasteiger partial charge on any atom is -0.383 e. The van der Waals surface area contributed by atoms with Crippen molar-refractivity contribution in [2.24, 2.45) is 0 Å². The van der Waals surface area contributed by atoms with Gasteiger partial charge in [-0.1, -0.05) is 11.6 Å². The van der Waals surface area contributed by atoms with Gasteiger partial charge >= 0.3 is 0 Å². The molecule has 2 aromatic rings. The van der Waals surface area contributed by atoms with Crippen molar-refractivity contribution >= 4 is 28.9 Å². The van der Waals surface area contributed by atoms with Crippen molar-refractivity contribution in [2.45, 2.75) is 13.8 Å². The van der Waals surface area contributed by atoms with E-state index >= 15 is 0 Å². The number of hydrogen-bond acceptors (Lipinski definition) is 5. The molecule has 2 N–H and O–H groups in total. The average Bonchev–Trinajstić information content (AvgIpc) is 2.42. The van der Waals surface area contributed by atoms with E-state index in [9.17, 15) is 0 Å². The lowest BCUT2D eigenvalue weighted by Crippen LogP contribution is -2.10. The van der Waals surface area contributed by atoms with E-state index in [4.69, 9.17) is 16.3 Å². The molecule has 6 heteroatoms. The predicted molar refractivity (Wildman–Crippen MR) is 86.6 cm³/mol. The fraction of sp³-hybridized carbons (Fsp3) is 0.333. The monoisotopic (exact) mass is 306 g/mol. The molecule has 0 radical (unpaired) electrons. The van der Waals surface area contributed by atoms with Crippen LogP contribution in [0.5, 0.6) is 0 Å². The molecule has 1 heterocycles. The smallest absolute Gasteiger partial charge is 0.136 e. The Morgan fingerprint density at radius 1 is 1.14 bits per heavy atom. The zero-order valence-corrected chi connectivity index (χ0v) is 13.2. The second-order valence-electron chi connectivity index (χ2n) is 4.69. The van der Waals surface area contributed by atoms with Crippen LogP contribution < -0.4 is 10.6 Å². The molecule has 112 valence electrons. The van der Waals surface area contributed by atoms with Crippen LogP contribution in [0, 0.1) is 13.8 Å². The SMILES string of the molecule is COCCNc1cc(Nc2ccc(Cl)cc2C)nc(C)n1. The standard InChI is InChI=1S/C15H19ClN4O/c1-10-8-12(16)4-5-13(10)20-15-9-14(17-6-7-21-3)18-11(2)19-15/h4-5,8-9H,6-7H2,1-3H3,(H2,17,18,19,20). The van der Waals surface area contributed by atoms with Crippen LogP contribution in [0.2, 0.25) is 5.02 Å². The number of aryl methyl sites for hydroxylation is 2. The van der Waals surface area contributed by atoms with Crippen molar-refractivity contribution < 1.29 is 4.74 Å². The Hall–Kier alpha value is -1.85. The van der Waals surface area contributed by atoms with Gasteiger partial charge in [0.15, 0.2) is 0 Å². The molecule has 0 saturated carbocycles. The lowest BCUT2D eigenvalue weighted by Gasteiger charge is -2.12. The number of ether oxygens (including phenoxy) is 1. The fourth-order valence-electron chi connectivity index (χ4n) is 1.91. The van der Waals surface area contributed by atoms with Crippen molar-refractivity contribution in [3.8, 4) is 0 Å². The van der Waals surface area contributed by atoms with Gasteiger partial charge < -0.3 is 15.4 Å². The van der Waals surface area contributed by atoms with Crippen LogP contribution in [0.15, 0.2) is 24.3 Å². The minimum absolute atomic E-state index is 0.627. The summed E-state index contributed by atoms with van der Waals surface area (Å²) in [5.74, 6) is 2.22. The summed E-state index contributed by atoms with van der Waals surface area (Å²) in [4.78, 5) is 8.74. The highest BCUT2D eigenvalue weighted by molar-refractivity contribution is 6.30. The van der Waals surface area contributed by atoms with Crippen LogP contribution in [0.4, 0.5) is 17.3 Å². The van der Waals surface area contributed by atoms with Crippen molar-refractivity contribution in [3.63, 3.8) is 0 Å². The number of nitrogens with one attached hydrogen (secondary N) is 2. The predicted octanol–water partition coefficient (Wildman–Crippen LogP) is 3.55. The molecule has 0 aliphatic carbocycles. The van der Waals surface area contributed by atoms with Gasteiger partial charge in [-0.2, -0.15) is 0 Å². The number of halogens is 1. The number of anilines is 3. The molecule has 0 saturated heterocycles. The molecule has 0 unspecified atom stereocenters. The van der Waals surface area contributed by atoms with Gasteiger partial charge in [0.25, 0.3) is 0 Å². The number of nitrogens with zero attached hydrogens (tertiary/aromatic N) is 2. The Morgan fingerprint density at radius 2 is 1.90 bits per heavy atom.